The summed E-state index contributed by atoms with van der Waals surface area (Å²) < 4.78 is 4.63. The second-order valence-corrected chi connectivity index (χ2v) is 5.93. The first kappa shape index (κ1) is 18.4. The molecule has 0 aliphatic heterocycles. The van der Waals surface area contributed by atoms with Crippen LogP contribution in [-0.4, -0.2) is 31.3 Å². The molecule has 0 aromatic heterocycles. The number of ether oxygens (including phenoxy) is 1. The van der Waals surface area contributed by atoms with Crippen molar-refractivity contribution >= 4 is 35.0 Å². The van der Waals surface area contributed by atoms with Crippen molar-refractivity contribution in [1.82, 2.24) is 0 Å². The number of nitrogens with one attached hydrogen (secondary N) is 2. The highest BCUT2D eigenvalue weighted by atomic mass is 32.2. The number of benzene rings is 2. The molecule has 2 N–H and O–H groups in total. The zero-order chi connectivity index (χ0) is 18.1. The quantitative estimate of drug-likeness (QED) is 0.586. The normalized spacial score (nSPS) is 9.76. The first-order valence-electron chi connectivity index (χ1n) is 7.45. The van der Waals surface area contributed by atoms with Gasteiger partial charge in [0.05, 0.1) is 36.7 Å². The largest absolute Gasteiger partial charge is 0.465 e. The zero-order valence-electron chi connectivity index (χ0n) is 13.6. The minimum Gasteiger partial charge on any atom is -0.465 e. The van der Waals surface area contributed by atoms with E-state index in [0.717, 1.165) is 10.6 Å². The van der Waals surface area contributed by atoms with Crippen molar-refractivity contribution in [1.29, 1.82) is 5.26 Å². The van der Waals surface area contributed by atoms with Crippen LogP contribution in [0.4, 0.5) is 11.4 Å². The lowest BCUT2D eigenvalue weighted by Crippen LogP contribution is -2.22. The van der Waals surface area contributed by atoms with E-state index in [1.807, 2.05) is 18.2 Å². The van der Waals surface area contributed by atoms with Gasteiger partial charge in [-0.3, -0.25) is 4.79 Å². The van der Waals surface area contributed by atoms with Gasteiger partial charge in [0.1, 0.15) is 0 Å². The second kappa shape index (κ2) is 9.35. The van der Waals surface area contributed by atoms with Gasteiger partial charge < -0.3 is 15.4 Å². The number of nitriles is 1. The second-order valence-electron chi connectivity index (χ2n) is 4.91. The van der Waals surface area contributed by atoms with E-state index in [1.165, 1.54) is 18.9 Å². The fraction of sp³-hybridized carbons (Fsp3) is 0.167. The Morgan fingerprint density at radius 2 is 1.88 bits per heavy atom. The van der Waals surface area contributed by atoms with Crippen LogP contribution >= 0.6 is 11.8 Å². The maximum absolute atomic E-state index is 12.1. The van der Waals surface area contributed by atoms with E-state index in [9.17, 15) is 9.59 Å². The lowest BCUT2D eigenvalue weighted by Gasteiger charge is -2.11. The van der Waals surface area contributed by atoms with Crippen LogP contribution in [0, 0.1) is 11.3 Å². The van der Waals surface area contributed by atoms with Crippen LogP contribution in [0.15, 0.2) is 53.4 Å². The molecule has 0 heterocycles. The third-order valence-electron chi connectivity index (χ3n) is 3.21. The third kappa shape index (κ3) is 5.55. The molecule has 128 valence electrons. The summed E-state index contributed by atoms with van der Waals surface area (Å²) in [5.74, 6) is -0.296. The van der Waals surface area contributed by atoms with Crippen molar-refractivity contribution in [2.45, 2.75) is 4.90 Å². The van der Waals surface area contributed by atoms with Gasteiger partial charge in [-0.25, -0.2) is 4.79 Å². The molecule has 0 bridgehead atoms. The highest BCUT2D eigenvalue weighted by Crippen LogP contribution is 2.26. The lowest BCUT2D eigenvalue weighted by atomic mass is 10.2. The van der Waals surface area contributed by atoms with Crippen LogP contribution in [0.5, 0.6) is 0 Å². The molecule has 25 heavy (non-hydrogen) atoms. The van der Waals surface area contributed by atoms with Crippen LogP contribution in [0.1, 0.15) is 10.4 Å². The van der Waals surface area contributed by atoms with Gasteiger partial charge in [0, 0.05) is 10.6 Å². The molecule has 0 aliphatic carbocycles. The summed E-state index contributed by atoms with van der Waals surface area (Å²) in [7, 11) is 1.32. The monoisotopic (exact) mass is 355 g/mol. The summed E-state index contributed by atoms with van der Waals surface area (Å²) >= 11 is 1.37. The van der Waals surface area contributed by atoms with Crippen molar-refractivity contribution in [3.05, 3.63) is 54.1 Å². The van der Waals surface area contributed by atoms with Crippen molar-refractivity contribution in [2.75, 3.05) is 30.0 Å². The Bertz CT molecular complexity index is 785. The fourth-order valence-corrected chi connectivity index (χ4v) is 2.69. The van der Waals surface area contributed by atoms with Gasteiger partial charge in [0.25, 0.3) is 0 Å². The maximum Gasteiger partial charge on any atom is 0.337 e. The number of anilines is 2. The molecule has 0 saturated heterocycles. The summed E-state index contributed by atoms with van der Waals surface area (Å²) in [6, 6.07) is 16.1. The predicted molar refractivity (Wildman–Crippen MR) is 97.7 cm³/mol. The molecular weight excluding hydrogens is 338 g/mol. The van der Waals surface area contributed by atoms with E-state index >= 15 is 0 Å². The number of para-hydroxylation sites is 1. The lowest BCUT2D eigenvalue weighted by molar-refractivity contribution is -0.114. The summed E-state index contributed by atoms with van der Waals surface area (Å²) in [6.45, 7) is 0.0782. The number of rotatable bonds is 7. The van der Waals surface area contributed by atoms with Crippen LogP contribution < -0.4 is 10.6 Å². The van der Waals surface area contributed by atoms with Crippen LogP contribution in [-0.2, 0) is 9.53 Å². The minimum atomic E-state index is -0.407. The maximum atomic E-state index is 12.1. The van der Waals surface area contributed by atoms with Crippen molar-refractivity contribution < 1.29 is 14.3 Å². The van der Waals surface area contributed by atoms with E-state index < -0.39 is 5.97 Å². The molecule has 7 heteroatoms. The Balaban J connectivity index is 1.91. The van der Waals surface area contributed by atoms with Gasteiger partial charge in [-0.15, -0.1) is 11.8 Å². The number of carbonyl (C=O) groups is 2. The first-order valence-corrected chi connectivity index (χ1v) is 8.43. The molecule has 0 aliphatic rings. The summed E-state index contributed by atoms with van der Waals surface area (Å²) in [5, 5.41) is 14.5. The Morgan fingerprint density at radius 3 is 2.56 bits per heavy atom. The fourth-order valence-electron chi connectivity index (χ4n) is 2.02. The molecule has 0 saturated carbocycles. The number of hydrogen-bond donors (Lipinski definition) is 2. The molecule has 0 spiro atoms. The summed E-state index contributed by atoms with van der Waals surface area (Å²) in [4.78, 5) is 24.3. The average molecular weight is 355 g/mol. The number of methoxy groups -OCH3 is 1. The molecule has 1 amide bonds. The van der Waals surface area contributed by atoms with E-state index in [1.54, 1.807) is 30.3 Å². The number of hydrogen-bond acceptors (Lipinski definition) is 6. The van der Waals surface area contributed by atoms with E-state index in [-0.39, 0.29) is 12.5 Å². The van der Waals surface area contributed by atoms with Crippen molar-refractivity contribution in [3.8, 4) is 6.07 Å². The standard InChI is InChI=1S/C18H17N3O3S/c1-24-18(23)13-6-8-14(9-7-13)20-12-17(22)21-15-4-2-3-5-16(15)25-11-10-19/h2-9,20H,11-12H2,1H3,(H,21,22). The average Bonchev–Trinajstić information content (AvgIpc) is 2.65. The highest BCUT2D eigenvalue weighted by Gasteiger charge is 2.08. The van der Waals surface area contributed by atoms with Crippen LogP contribution in [0.25, 0.3) is 0 Å². The van der Waals surface area contributed by atoms with Gasteiger partial charge >= 0.3 is 5.97 Å². The topological polar surface area (TPSA) is 91.2 Å². The third-order valence-corrected chi connectivity index (χ3v) is 4.15. The summed E-state index contributed by atoms with van der Waals surface area (Å²) in [5.41, 5.74) is 1.84. The Hall–Kier alpha value is -2.98. The molecule has 0 atom stereocenters. The Morgan fingerprint density at radius 1 is 1.16 bits per heavy atom. The SMILES string of the molecule is COC(=O)c1ccc(NCC(=O)Nc2ccccc2SCC#N)cc1. The molecule has 0 unspecified atom stereocenters. The Kier molecular flexibility index (Phi) is 6.87. The molecule has 2 rings (SSSR count). The van der Waals surface area contributed by atoms with E-state index in [4.69, 9.17) is 5.26 Å². The summed E-state index contributed by atoms with van der Waals surface area (Å²) in [6.07, 6.45) is 0. The van der Waals surface area contributed by atoms with Gasteiger partial charge in [-0.2, -0.15) is 5.26 Å². The molecule has 2 aromatic carbocycles. The number of esters is 1. The number of carbonyl (C=O) groups excluding carboxylic acids is 2. The predicted octanol–water partition coefficient (Wildman–Crippen LogP) is 3.14. The number of amides is 1. The van der Waals surface area contributed by atoms with E-state index in [2.05, 4.69) is 21.4 Å². The number of nitrogens with zero attached hydrogens (tertiary/aromatic N) is 1. The first-order chi connectivity index (χ1) is 12.1. The van der Waals surface area contributed by atoms with Crippen molar-refractivity contribution in [3.63, 3.8) is 0 Å². The van der Waals surface area contributed by atoms with Gasteiger partial charge in [-0.05, 0) is 36.4 Å². The van der Waals surface area contributed by atoms with Crippen LogP contribution in [0.3, 0.4) is 0 Å². The smallest absolute Gasteiger partial charge is 0.337 e. The zero-order valence-corrected chi connectivity index (χ0v) is 14.4. The van der Waals surface area contributed by atoms with Gasteiger partial charge in [0.15, 0.2) is 0 Å². The van der Waals surface area contributed by atoms with Crippen LogP contribution in [0.2, 0.25) is 0 Å². The Labute approximate surface area is 150 Å². The molecule has 0 radical (unpaired) electrons. The number of thioether (sulfide) groups is 1. The molecule has 6 nitrogen and oxygen atoms in total. The molecule has 0 fully saturated rings. The molecular formula is C18H17N3O3S. The van der Waals surface area contributed by atoms with Crippen molar-refractivity contribution in [2.24, 2.45) is 0 Å². The van der Waals surface area contributed by atoms with Gasteiger partial charge in [-0.1, -0.05) is 12.1 Å². The van der Waals surface area contributed by atoms with Gasteiger partial charge in [0.2, 0.25) is 5.91 Å². The highest BCUT2D eigenvalue weighted by molar-refractivity contribution is 7.99. The minimum absolute atomic E-state index is 0.0782. The van der Waals surface area contributed by atoms with E-state index in [0.29, 0.717) is 17.0 Å². The molecule has 2 aromatic rings.